The number of aryl methyl sites for hydroxylation is 1. The minimum atomic E-state index is 0.486. The van der Waals surface area contributed by atoms with Crippen LogP contribution in [0.25, 0.3) is 0 Å². The van der Waals surface area contributed by atoms with Crippen molar-refractivity contribution in [2.75, 3.05) is 34.4 Å². The van der Waals surface area contributed by atoms with Crippen LogP contribution < -0.4 is 14.8 Å². The number of aliphatic imine (C=N–C) groups is 1. The molecule has 1 heterocycles. The van der Waals surface area contributed by atoms with Crippen molar-refractivity contribution >= 4 is 5.96 Å². The van der Waals surface area contributed by atoms with Gasteiger partial charge in [-0.1, -0.05) is 6.07 Å². The summed E-state index contributed by atoms with van der Waals surface area (Å²) in [4.78, 5) is 6.81. The van der Waals surface area contributed by atoms with E-state index in [1.54, 1.807) is 14.2 Å². The molecular formula is C19H30N6O2. The Labute approximate surface area is 161 Å². The molecule has 2 rings (SSSR count). The quantitative estimate of drug-likeness (QED) is 0.561. The molecule has 0 aliphatic rings. The Kier molecular flexibility index (Phi) is 7.45. The van der Waals surface area contributed by atoms with Gasteiger partial charge in [0.25, 0.3) is 0 Å². The van der Waals surface area contributed by atoms with Crippen molar-refractivity contribution in [3.05, 3.63) is 35.4 Å². The van der Waals surface area contributed by atoms with Gasteiger partial charge in [-0.15, -0.1) is 10.2 Å². The van der Waals surface area contributed by atoms with Crippen LogP contribution in [0.2, 0.25) is 0 Å². The van der Waals surface area contributed by atoms with Crippen LogP contribution in [0, 0.1) is 6.92 Å². The number of nitrogens with zero attached hydrogens (tertiary/aromatic N) is 5. The molecule has 0 atom stereocenters. The van der Waals surface area contributed by atoms with Gasteiger partial charge in [0.05, 0.1) is 14.2 Å². The van der Waals surface area contributed by atoms with Crippen molar-refractivity contribution < 1.29 is 9.47 Å². The van der Waals surface area contributed by atoms with Gasteiger partial charge in [0.15, 0.2) is 23.3 Å². The van der Waals surface area contributed by atoms with E-state index in [2.05, 4.69) is 33.4 Å². The second kappa shape index (κ2) is 9.80. The molecule has 0 radical (unpaired) electrons. The summed E-state index contributed by atoms with van der Waals surface area (Å²) in [5.41, 5.74) is 1.18. The second-order valence-electron chi connectivity index (χ2n) is 6.25. The molecule has 27 heavy (non-hydrogen) atoms. The van der Waals surface area contributed by atoms with Gasteiger partial charge in [-0.25, -0.2) is 4.99 Å². The Bertz CT molecular complexity index is 772. The molecule has 8 heteroatoms. The molecule has 148 valence electrons. The van der Waals surface area contributed by atoms with Gasteiger partial charge in [0, 0.05) is 27.2 Å². The van der Waals surface area contributed by atoms with Gasteiger partial charge in [-0.2, -0.15) is 0 Å². The van der Waals surface area contributed by atoms with Crippen molar-refractivity contribution in [1.29, 1.82) is 0 Å². The molecule has 1 N–H and O–H groups in total. The van der Waals surface area contributed by atoms with Crippen LogP contribution >= 0.6 is 0 Å². The van der Waals surface area contributed by atoms with Crippen LogP contribution in [0.15, 0.2) is 23.2 Å². The summed E-state index contributed by atoms with van der Waals surface area (Å²) in [7, 11) is 7.28. The van der Waals surface area contributed by atoms with Crippen LogP contribution in [0.3, 0.4) is 0 Å². The minimum absolute atomic E-state index is 0.486. The van der Waals surface area contributed by atoms with Crippen LogP contribution in [-0.2, 0) is 20.0 Å². The summed E-state index contributed by atoms with van der Waals surface area (Å²) >= 11 is 0. The van der Waals surface area contributed by atoms with Crippen LogP contribution in [0.4, 0.5) is 0 Å². The molecule has 2 aromatic rings. The lowest BCUT2D eigenvalue weighted by Crippen LogP contribution is -2.40. The minimum Gasteiger partial charge on any atom is -0.493 e. The van der Waals surface area contributed by atoms with Crippen LogP contribution in [0.1, 0.15) is 24.1 Å². The first-order valence-corrected chi connectivity index (χ1v) is 9.05. The van der Waals surface area contributed by atoms with Crippen molar-refractivity contribution in [2.45, 2.75) is 26.8 Å². The average molecular weight is 374 g/mol. The van der Waals surface area contributed by atoms with Crippen molar-refractivity contribution in [1.82, 2.24) is 25.0 Å². The summed E-state index contributed by atoms with van der Waals surface area (Å²) < 4.78 is 12.6. The third-order valence-corrected chi connectivity index (χ3v) is 4.43. The van der Waals surface area contributed by atoms with Crippen molar-refractivity contribution in [2.24, 2.45) is 12.0 Å². The van der Waals surface area contributed by atoms with E-state index < -0.39 is 0 Å². The summed E-state index contributed by atoms with van der Waals surface area (Å²) in [6, 6.07) is 6.00. The second-order valence-corrected chi connectivity index (χ2v) is 6.25. The zero-order valence-electron chi connectivity index (χ0n) is 17.1. The highest BCUT2D eigenvalue weighted by atomic mass is 16.5. The standard InChI is InChI=1S/C19H30N6O2/c1-7-20-19(21-13-18-23-22-14(2)25(18)4)24(3)11-10-15-8-9-16(26-5)17(12-15)27-6/h8-9,12H,7,10-11,13H2,1-6H3,(H,20,21). The number of methoxy groups -OCH3 is 2. The number of hydrogen-bond donors (Lipinski definition) is 1. The van der Waals surface area contributed by atoms with E-state index >= 15 is 0 Å². The smallest absolute Gasteiger partial charge is 0.194 e. The molecule has 1 aromatic heterocycles. The fraction of sp³-hybridized carbons (Fsp3) is 0.526. The Morgan fingerprint density at radius 3 is 2.56 bits per heavy atom. The largest absolute Gasteiger partial charge is 0.493 e. The zero-order valence-corrected chi connectivity index (χ0v) is 17.1. The number of benzene rings is 1. The van der Waals surface area contributed by atoms with Gasteiger partial charge < -0.3 is 24.3 Å². The van der Waals surface area contributed by atoms with Gasteiger partial charge >= 0.3 is 0 Å². The fourth-order valence-electron chi connectivity index (χ4n) is 2.64. The number of rotatable bonds is 8. The average Bonchev–Trinajstić information content (AvgIpc) is 3.01. The summed E-state index contributed by atoms with van der Waals surface area (Å²) in [6.07, 6.45) is 0.865. The molecule has 0 saturated carbocycles. The number of nitrogens with one attached hydrogen (secondary N) is 1. The predicted octanol–water partition coefficient (Wildman–Crippen LogP) is 1.78. The molecule has 0 unspecified atom stereocenters. The maximum absolute atomic E-state index is 5.38. The third kappa shape index (κ3) is 5.35. The molecule has 0 saturated heterocycles. The van der Waals surface area contributed by atoms with E-state index in [4.69, 9.17) is 14.5 Å². The first kappa shape index (κ1) is 20.5. The van der Waals surface area contributed by atoms with Crippen molar-refractivity contribution in [3.63, 3.8) is 0 Å². The Morgan fingerprint density at radius 2 is 1.96 bits per heavy atom. The maximum Gasteiger partial charge on any atom is 0.194 e. The predicted molar refractivity (Wildman–Crippen MR) is 106 cm³/mol. The molecule has 0 aliphatic heterocycles. The summed E-state index contributed by atoms with van der Waals surface area (Å²) in [5.74, 6) is 4.06. The maximum atomic E-state index is 5.38. The molecule has 0 spiro atoms. The Balaban J connectivity index is 2.03. The molecule has 1 aromatic carbocycles. The topological polar surface area (TPSA) is 76.8 Å². The molecule has 0 bridgehead atoms. The molecule has 0 aliphatic carbocycles. The van der Waals surface area contributed by atoms with Crippen molar-refractivity contribution in [3.8, 4) is 11.5 Å². The Morgan fingerprint density at radius 1 is 1.22 bits per heavy atom. The molecule has 0 amide bonds. The number of hydrogen-bond acceptors (Lipinski definition) is 5. The van der Waals surface area contributed by atoms with Gasteiger partial charge in [-0.3, -0.25) is 0 Å². The van der Waals surface area contributed by atoms with E-state index in [0.717, 1.165) is 48.6 Å². The number of ether oxygens (including phenoxy) is 2. The zero-order chi connectivity index (χ0) is 19.8. The lowest BCUT2D eigenvalue weighted by molar-refractivity contribution is 0.354. The van der Waals surface area contributed by atoms with E-state index in [9.17, 15) is 0 Å². The lowest BCUT2D eigenvalue weighted by atomic mass is 10.1. The molecular weight excluding hydrogens is 344 g/mol. The number of aromatic nitrogens is 3. The summed E-state index contributed by atoms with van der Waals surface area (Å²) in [6.45, 7) is 6.10. The van der Waals surface area contributed by atoms with Crippen LogP contribution in [-0.4, -0.2) is 60.0 Å². The van der Waals surface area contributed by atoms with E-state index in [0.29, 0.717) is 6.54 Å². The highest BCUT2D eigenvalue weighted by Gasteiger charge is 2.10. The monoisotopic (exact) mass is 374 g/mol. The first-order chi connectivity index (χ1) is 13.0. The fourth-order valence-corrected chi connectivity index (χ4v) is 2.64. The van der Waals surface area contributed by atoms with Gasteiger partial charge in [0.1, 0.15) is 12.4 Å². The molecule has 8 nitrogen and oxygen atoms in total. The molecule has 0 fully saturated rings. The highest BCUT2D eigenvalue weighted by Crippen LogP contribution is 2.27. The highest BCUT2D eigenvalue weighted by molar-refractivity contribution is 5.79. The van der Waals surface area contributed by atoms with Crippen LogP contribution in [0.5, 0.6) is 11.5 Å². The Hall–Kier alpha value is -2.77. The van der Waals surface area contributed by atoms with Gasteiger partial charge in [0.2, 0.25) is 0 Å². The first-order valence-electron chi connectivity index (χ1n) is 9.05. The number of likely N-dealkylation sites (N-methyl/N-ethyl adjacent to an activating group) is 1. The number of guanidine groups is 1. The van der Waals surface area contributed by atoms with E-state index in [-0.39, 0.29) is 0 Å². The normalized spacial score (nSPS) is 11.4. The van der Waals surface area contributed by atoms with E-state index in [1.165, 1.54) is 5.56 Å². The lowest BCUT2D eigenvalue weighted by Gasteiger charge is -2.22. The third-order valence-electron chi connectivity index (χ3n) is 4.43. The van der Waals surface area contributed by atoms with E-state index in [1.807, 2.05) is 37.7 Å². The van der Waals surface area contributed by atoms with Gasteiger partial charge in [-0.05, 0) is 38.0 Å². The SMILES string of the molecule is CCNC(=NCc1nnc(C)n1C)N(C)CCc1ccc(OC)c(OC)c1. The summed E-state index contributed by atoms with van der Waals surface area (Å²) in [5, 5.41) is 11.6.